The minimum absolute atomic E-state index is 0.304. The van der Waals surface area contributed by atoms with Gasteiger partial charge in [0.2, 0.25) is 0 Å². The highest BCUT2D eigenvalue weighted by Gasteiger charge is 2.20. The number of aromatic nitrogens is 2. The molecule has 1 saturated heterocycles. The molecule has 0 unspecified atom stereocenters. The third-order valence-electron chi connectivity index (χ3n) is 5.68. The zero-order valence-electron chi connectivity index (χ0n) is 17.2. The Morgan fingerprint density at radius 2 is 1.75 bits per heavy atom. The van der Waals surface area contributed by atoms with Crippen LogP contribution in [0.2, 0.25) is 0 Å². The summed E-state index contributed by atoms with van der Waals surface area (Å²) in [5.41, 5.74) is 4.68. The lowest BCUT2D eigenvalue weighted by molar-refractivity contribution is 0.355. The first kappa shape index (κ1) is 18.8. The van der Waals surface area contributed by atoms with Crippen LogP contribution in [0.15, 0.2) is 36.4 Å². The van der Waals surface area contributed by atoms with E-state index < -0.39 is 0 Å². The lowest BCUT2D eigenvalue weighted by Gasteiger charge is -2.23. The Labute approximate surface area is 166 Å². The minimum atomic E-state index is 0.304. The van der Waals surface area contributed by atoms with E-state index in [0.29, 0.717) is 12.0 Å². The van der Waals surface area contributed by atoms with Gasteiger partial charge in [0.1, 0.15) is 5.82 Å². The molecule has 1 N–H and O–H groups in total. The summed E-state index contributed by atoms with van der Waals surface area (Å²) < 4.78 is 13.2. The van der Waals surface area contributed by atoms with Crippen molar-refractivity contribution in [3.63, 3.8) is 0 Å². The van der Waals surface area contributed by atoms with Crippen LogP contribution >= 0.6 is 0 Å². The van der Waals surface area contributed by atoms with E-state index in [2.05, 4.69) is 48.0 Å². The Hall–Kier alpha value is -2.53. The quantitative estimate of drug-likeness (QED) is 0.694. The summed E-state index contributed by atoms with van der Waals surface area (Å²) in [5, 5.41) is 3.45. The van der Waals surface area contributed by atoms with Crippen LogP contribution in [0.25, 0.3) is 22.4 Å². The van der Waals surface area contributed by atoms with Crippen LogP contribution in [-0.4, -0.2) is 36.9 Å². The predicted octanol–water partition coefficient (Wildman–Crippen LogP) is 4.77. The molecule has 5 heteroatoms. The molecule has 4 rings (SSSR count). The van der Waals surface area contributed by atoms with Gasteiger partial charge in [-0.25, -0.2) is 4.98 Å². The van der Waals surface area contributed by atoms with E-state index in [-0.39, 0.29) is 0 Å². The van der Waals surface area contributed by atoms with Crippen molar-refractivity contribution in [2.24, 2.45) is 0 Å². The molecule has 0 bridgehead atoms. The van der Waals surface area contributed by atoms with Gasteiger partial charge in [-0.15, -0.1) is 0 Å². The van der Waals surface area contributed by atoms with Crippen LogP contribution in [0.1, 0.15) is 44.2 Å². The summed E-state index contributed by atoms with van der Waals surface area (Å²) in [7, 11) is 3.32. The monoisotopic (exact) mass is 379 g/mol. The van der Waals surface area contributed by atoms with Crippen molar-refractivity contribution in [2.45, 2.75) is 38.6 Å². The zero-order valence-corrected chi connectivity index (χ0v) is 17.2. The fraction of sp³-hybridized carbons (Fsp3) is 0.435. The number of piperidine rings is 1. The molecule has 1 aliphatic heterocycles. The van der Waals surface area contributed by atoms with E-state index in [1.54, 1.807) is 14.2 Å². The van der Waals surface area contributed by atoms with Gasteiger partial charge < -0.3 is 19.4 Å². The van der Waals surface area contributed by atoms with E-state index >= 15 is 0 Å². The number of fused-ring (bicyclic) bond motifs is 1. The van der Waals surface area contributed by atoms with Crippen LogP contribution in [0, 0.1) is 0 Å². The summed E-state index contributed by atoms with van der Waals surface area (Å²) in [5.74, 6) is 3.04. The molecule has 0 atom stereocenters. The number of nitrogens with zero attached hydrogens (tertiary/aromatic N) is 2. The maximum Gasteiger partial charge on any atom is 0.161 e. The Kier molecular flexibility index (Phi) is 5.27. The summed E-state index contributed by atoms with van der Waals surface area (Å²) in [4.78, 5) is 5.04. The largest absolute Gasteiger partial charge is 0.493 e. The molecule has 0 spiro atoms. The fourth-order valence-corrected chi connectivity index (χ4v) is 4.23. The van der Waals surface area contributed by atoms with E-state index in [1.165, 1.54) is 23.9 Å². The highest BCUT2D eigenvalue weighted by atomic mass is 16.5. The van der Waals surface area contributed by atoms with Gasteiger partial charge in [0.05, 0.1) is 25.3 Å². The smallest absolute Gasteiger partial charge is 0.161 e. The third-order valence-corrected chi connectivity index (χ3v) is 5.68. The highest BCUT2D eigenvalue weighted by Crippen LogP contribution is 2.36. The van der Waals surface area contributed by atoms with Crippen molar-refractivity contribution in [3.05, 3.63) is 42.0 Å². The van der Waals surface area contributed by atoms with Gasteiger partial charge in [0.15, 0.2) is 11.5 Å². The molecular formula is C23H29N3O2. The zero-order chi connectivity index (χ0) is 19.7. The molecule has 1 fully saturated rings. The van der Waals surface area contributed by atoms with Crippen LogP contribution < -0.4 is 14.8 Å². The second-order valence-electron chi connectivity index (χ2n) is 7.74. The standard InChI is InChI=1S/C23H29N3O2/c1-15(2)26-20-7-5-17(16-9-11-24-12-10-16)13-19(20)25-23(26)18-6-8-21(27-3)22(14-18)28-4/h5-8,13-16,24H,9-12H2,1-4H3. The van der Waals surface area contributed by atoms with Gasteiger partial charge in [0.25, 0.3) is 0 Å². The first-order valence-electron chi connectivity index (χ1n) is 10.1. The van der Waals surface area contributed by atoms with Crippen molar-refractivity contribution < 1.29 is 9.47 Å². The Morgan fingerprint density at radius 1 is 1.00 bits per heavy atom. The first-order valence-corrected chi connectivity index (χ1v) is 10.1. The fourth-order valence-electron chi connectivity index (χ4n) is 4.23. The second-order valence-corrected chi connectivity index (χ2v) is 7.74. The maximum atomic E-state index is 5.50. The van der Waals surface area contributed by atoms with Gasteiger partial charge in [-0.05, 0) is 81.6 Å². The van der Waals surface area contributed by atoms with Gasteiger partial charge in [-0.3, -0.25) is 0 Å². The lowest BCUT2D eigenvalue weighted by Crippen LogP contribution is -2.26. The Bertz CT molecular complexity index is 971. The van der Waals surface area contributed by atoms with E-state index in [0.717, 1.165) is 41.5 Å². The Balaban J connectivity index is 1.82. The normalized spacial score (nSPS) is 15.3. The van der Waals surface area contributed by atoms with E-state index in [4.69, 9.17) is 14.5 Å². The summed E-state index contributed by atoms with van der Waals surface area (Å²) in [6.45, 7) is 6.60. The summed E-state index contributed by atoms with van der Waals surface area (Å²) in [6.07, 6.45) is 2.39. The molecule has 28 heavy (non-hydrogen) atoms. The topological polar surface area (TPSA) is 48.3 Å². The number of imidazole rings is 1. The van der Waals surface area contributed by atoms with Gasteiger partial charge in [-0.1, -0.05) is 6.07 Å². The second kappa shape index (κ2) is 7.84. The van der Waals surface area contributed by atoms with E-state index in [9.17, 15) is 0 Å². The lowest BCUT2D eigenvalue weighted by atomic mass is 9.90. The summed E-state index contributed by atoms with van der Waals surface area (Å²) >= 11 is 0. The number of nitrogens with one attached hydrogen (secondary N) is 1. The van der Waals surface area contributed by atoms with Crippen molar-refractivity contribution in [3.8, 4) is 22.9 Å². The number of rotatable bonds is 5. The number of hydrogen-bond acceptors (Lipinski definition) is 4. The van der Waals surface area contributed by atoms with Gasteiger partial charge in [0, 0.05) is 11.6 Å². The highest BCUT2D eigenvalue weighted by molar-refractivity contribution is 5.82. The van der Waals surface area contributed by atoms with Crippen LogP contribution in [0.4, 0.5) is 0 Å². The van der Waals surface area contributed by atoms with E-state index in [1.807, 2.05) is 12.1 Å². The molecule has 148 valence electrons. The number of methoxy groups -OCH3 is 2. The first-order chi connectivity index (χ1) is 13.6. The van der Waals surface area contributed by atoms with Crippen molar-refractivity contribution in [2.75, 3.05) is 27.3 Å². The maximum absolute atomic E-state index is 5.50. The molecule has 1 aromatic heterocycles. The summed E-state index contributed by atoms with van der Waals surface area (Å²) in [6, 6.07) is 13.1. The van der Waals surface area contributed by atoms with Crippen LogP contribution in [-0.2, 0) is 0 Å². The molecule has 0 aliphatic carbocycles. The van der Waals surface area contributed by atoms with Crippen molar-refractivity contribution in [1.82, 2.24) is 14.9 Å². The van der Waals surface area contributed by atoms with Gasteiger partial charge in [-0.2, -0.15) is 0 Å². The van der Waals surface area contributed by atoms with Crippen LogP contribution in [0.5, 0.6) is 11.5 Å². The van der Waals surface area contributed by atoms with Gasteiger partial charge >= 0.3 is 0 Å². The minimum Gasteiger partial charge on any atom is -0.493 e. The molecule has 3 aromatic rings. The molecule has 5 nitrogen and oxygen atoms in total. The average Bonchev–Trinajstić information content (AvgIpc) is 3.12. The third kappa shape index (κ3) is 3.35. The molecule has 0 amide bonds. The molecule has 0 radical (unpaired) electrons. The van der Waals surface area contributed by atoms with Crippen LogP contribution in [0.3, 0.4) is 0 Å². The number of ether oxygens (including phenoxy) is 2. The van der Waals surface area contributed by atoms with Crippen molar-refractivity contribution in [1.29, 1.82) is 0 Å². The molecule has 1 aliphatic rings. The molecule has 2 aromatic carbocycles. The number of hydrogen-bond donors (Lipinski definition) is 1. The predicted molar refractivity (Wildman–Crippen MR) is 114 cm³/mol. The SMILES string of the molecule is COc1ccc(-c2nc3cc(C4CCNCC4)ccc3n2C(C)C)cc1OC. The molecule has 2 heterocycles. The van der Waals surface area contributed by atoms with Crippen molar-refractivity contribution >= 4 is 11.0 Å². The number of benzene rings is 2. The Morgan fingerprint density at radius 3 is 2.43 bits per heavy atom. The average molecular weight is 380 g/mol. The molecular weight excluding hydrogens is 350 g/mol. The molecule has 0 saturated carbocycles.